The number of benzene rings is 2. The lowest BCUT2D eigenvalue weighted by atomic mass is 10.0. The lowest BCUT2D eigenvalue weighted by molar-refractivity contribution is -0.137. The molecule has 0 bridgehead atoms. The van der Waals surface area contributed by atoms with Gasteiger partial charge in [-0.15, -0.1) is 0 Å². The van der Waals surface area contributed by atoms with E-state index in [-0.39, 0.29) is 24.2 Å². The number of aromatic nitrogens is 2. The molecule has 1 atom stereocenters. The highest BCUT2D eigenvalue weighted by molar-refractivity contribution is 5.94. The van der Waals surface area contributed by atoms with E-state index in [0.717, 1.165) is 24.3 Å². The van der Waals surface area contributed by atoms with E-state index >= 15 is 0 Å². The Morgan fingerprint density at radius 3 is 2.45 bits per heavy atom. The van der Waals surface area contributed by atoms with Gasteiger partial charge in [0.05, 0.1) is 5.56 Å². The molecule has 0 saturated carbocycles. The number of halogens is 3. The summed E-state index contributed by atoms with van der Waals surface area (Å²) in [6.07, 6.45) is -4.47. The number of carbonyl (C=O) groups excluding carboxylic acids is 1. The van der Waals surface area contributed by atoms with Crippen LogP contribution >= 0.6 is 0 Å². The Morgan fingerprint density at radius 2 is 1.77 bits per heavy atom. The molecule has 1 N–H and O–H groups in total. The van der Waals surface area contributed by atoms with Crippen LogP contribution in [-0.2, 0) is 6.18 Å². The largest absolute Gasteiger partial charge is 0.454 e. The van der Waals surface area contributed by atoms with Crippen LogP contribution in [0.1, 0.15) is 41.7 Å². The fraction of sp³-hybridized carbons (Fsp3) is 0.286. The third-order valence-corrected chi connectivity index (χ3v) is 4.77. The van der Waals surface area contributed by atoms with Crippen LogP contribution in [0.15, 0.2) is 47.0 Å². The molecule has 1 amide bonds. The van der Waals surface area contributed by atoms with Gasteiger partial charge in [0.1, 0.15) is 6.04 Å². The zero-order valence-corrected chi connectivity index (χ0v) is 16.6. The SMILES string of the molecule is CC(C)[C@H](NC(=O)c1ccc(C(F)(F)F)cc1)c1nc(-c2ccc3c(c2)OCO3)no1. The summed E-state index contributed by atoms with van der Waals surface area (Å²) >= 11 is 0. The third-order valence-electron chi connectivity index (χ3n) is 4.77. The Bertz CT molecular complexity index is 1090. The molecule has 162 valence electrons. The summed E-state index contributed by atoms with van der Waals surface area (Å²) < 4.78 is 54.2. The van der Waals surface area contributed by atoms with E-state index in [1.807, 2.05) is 13.8 Å². The minimum Gasteiger partial charge on any atom is -0.454 e. The van der Waals surface area contributed by atoms with E-state index in [0.29, 0.717) is 22.9 Å². The first-order chi connectivity index (χ1) is 14.7. The number of fused-ring (bicyclic) bond motifs is 1. The standard InChI is InChI=1S/C21H18F3N3O4/c1-11(2)17(25-19(28)12-3-6-14(7-4-12)21(22,23)24)20-26-18(27-31-20)13-5-8-15-16(9-13)30-10-29-15/h3-9,11,17H,10H2,1-2H3,(H,25,28)/t17-/m0/s1. The van der Waals surface area contributed by atoms with E-state index in [1.165, 1.54) is 0 Å². The van der Waals surface area contributed by atoms with Gasteiger partial charge >= 0.3 is 6.18 Å². The molecule has 10 heteroatoms. The van der Waals surface area contributed by atoms with Crippen molar-refractivity contribution in [2.45, 2.75) is 26.1 Å². The summed E-state index contributed by atoms with van der Waals surface area (Å²) in [6, 6.07) is 8.57. The summed E-state index contributed by atoms with van der Waals surface area (Å²) in [5.74, 6) is 1.01. The van der Waals surface area contributed by atoms with Crippen LogP contribution in [0.25, 0.3) is 11.4 Å². The van der Waals surface area contributed by atoms with Crippen molar-refractivity contribution in [3.05, 3.63) is 59.5 Å². The van der Waals surface area contributed by atoms with Gasteiger partial charge in [0.2, 0.25) is 18.5 Å². The van der Waals surface area contributed by atoms with Gasteiger partial charge < -0.3 is 19.3 Å². The number of ether oxygens (including phenoxy) is 2. The van der Waals surface area contributed by atoms with Crippen molar-refractivity contribution in [3.8, 4) is 22.9 Å². The molecule has 0 radical (unpaired) electrons. The fourth-order valence-electron chi connectivity index (χ4n) is 3.06. The molecule has 2 heterocycles. The molecule has 0 unspecified atom stereocenters. The van der Waals surface area contributed by atoms with Gasteiger partial charge in [-0.3, -0.25) is 4.79 Å². The van der Waals surface area contributed by atoms with E-state index in [4.69, 9.17) is 14.0 Å². The Labute approximate surface area is 175 Å². The summed E-state index contributed by atoms with van der Waals surface area (Å²) in [4.78, 5) is 17.0. The Balaban J connectivity index is 1.52. The van der Waals surface area contributed by atoms with Crippen molar-refractivity contribution < 1.29 is 32.0 Å². The Hall–Kier alpha value is -3.56. The molecular formula is C21H18F3N3O4. The van der Waals surface area contributed by atoms with Crippen LogP contribution in [0.4, 0.5) is 13.2 Å². The van der Waals surface area contributed by atoms with Crippen LogP contribution in [0.3, 0.4) is 0 Å². The van der Waals surface area contributed by atoms with Crippen LogP contribution in [0.5, 0.6) is 11.5 Å². The molecule has 3 aromatic rings. The monoisotopic (exact) mass is 433 g/mol. The van der Waals surface area contributed by atoms with Gasteiger partial charge in [-0.25, -0.2) is 0 Å². The van der Waals surface area contributed by atoms with E-state index in [1.54, 1.807) is 18.2 Å². The molecule has 31 heavy (non-hydrogen) atoms. The van der Waals surface area contributed by atoms with Gasteiger partial charge in [-0.2, -0.15) is 18.2 Å². The average Bonchev–Trinajstić information content (AvgIpc) is 3.40. The molecule has 4 rings (SSSR count). The van der Waals surface area contributed by atoms with Gasteiger partial charge in [0, 0.05) is 11.1 Å². The van der Waals surface area contributed by atoms with Crippen molar-refractivity contribution >= 4 is 5.91 Å². The van der Waals surface area contributed by atoms with E-state index < -0.39 is 23.7 Å². The second kappa shape index (κ2) is 7.93. The quantitative estimate of drug-likeness (QED) is 0.632. The van der Waals surface area contributed by atoms with Gasteiger partial charge in [-0.1, -0.05) is 19.0 Å². The number of amides is 1. The first kappa shape index (κ1) is 20.7. The maximum absolute atomic E-state index is 12.7. The third kappa shape index (κ3) is 4.32. The molecule has 1 aliphatic heterocycles. The van der Waals surface area contributed by atoms with Gasteiger partial charge in [-0.05, 0) is 48.4 Å². The lowest BCUT2D eigenvalue weighted by Crippen LogP contribution is -2.32. The van der Waals surface area contributed by atoms with Crippen LogP contribution < -0.4 is 14.8 Å². The molecule has 0 fully saturated rings. The minimum atomic E-state index is -4.47. The van der Waals surface area contributed by atoms with Crippen molar-refractivity contribution in [2.24, 2.45) is 5.92 Å². The second-order valence-electron chi connectivity index (χ2n) is 7.29. The minimum absolute atomic E-state index is 0.0918. The molecule has 0 saturated heterocycles. The van der Waals surface area contributed by atoms with Crippen molar-refractivity contribution in [2.75, 3.05) is 6.79 Å². The highest BCUT2D eigenvalue weighted by Gasteiger charge is 2.31. The second-order valence-corrected chi connectivity index (χ2v) is 7.29. The number of alkyl halides is 3. The topological polar surface area (TPSA) is 86.5 Å². The zero-order valence-electron chi connectivity index (χ0n) is 16.6. The Kier molecular flexibility index (Phi) is 5.30. The summed E-state index contributed by atoms with van der Waals surface area (Å²) in [7, 11) is 0. The van der Waals surface area contributed by atoms with Crippen molar-refractivity contribution in [3.63, 3.8) is 0 Å². The van der Waals surface area contributed by atoms with Crippen LogP contribution in [-0.4, -0.2) is 22.8 Å². The summed E-state index contributed by atoms with van der Waals surface area (Å²) in [5, 5.41) is 6.73. The average molecular weight is 433 g/mol. The summed E-state index contributed by atoms with van der Waals surface area (Å²) in [5.41, 5.74) is -0.0836. The zero-order chi connectivity index (χ0) is 22.2. The number of nitrogens with one attached hydrogen (secondary N) is 1. The maximum Gasteiger partial charge on any atom is 0.416 e. The molecular weight excluding hydrogens is 415 g/mol. The van der Waals surface area contributed by atoms with E-state index in [2.05, 4.69) is 15.5 Å². The lowest BCUT2D eigenvalue weighted by Gasteiger charge is -2.18. The smallest absolute Gasteiger partial charge is 0.416 e. The van der Waals surface area contributed by atoms with Crippen LogP contribution in [0, 0.1) is 5.92 Å². The van der Waals surface area contributed by atoms with Gasteiger partial charge in [0.15, 0.2) is 11.5 Å². The predicted molar refractivity (Wildman–Crippen MR) is 102 cm³/mol. The Morgan fingerprint density at radius 1 is 1.06 bits per heavy atom. The molecule has 2 aromatic carbocycles. The van der Waals surface area contributed by atoms with Crippen molar-refractivity contribution in [1.82, 2.24) is 15.5 Å². The number of hydrogen-bond acceptors (Lipinski definition) is 6. The first-order valence-electron chi connectivity index (χ1n) is 9.44. The normalized spacial score (nSPS) is 14.0. The van der Waals surface area contributed by atoms with Gasteiger partial charge in [0.25, 0.3) is 5.91 Å². The summed E-state index contributed by atoms with van der Waals surface area (Å²) in [6.45, 7) is 3.84. The maximum atomic E-state index is 12.7. The van der Waals surface area contributed by atoms with Crippen LogP contribution in [0.2, 0.25) is 0 Å². The predicted octanol–water partition coefficient (Wildman–Crippen LogP) is 4.61. The first-order valence-corrected chi connectivity index (χ1v) is 9.44. The highest BCUT2D eigenvalue weighted by atomic mass is 19.4. The fourth-order valence-corrected chi connectivity index (χ4v) is 3.06. The van der Waals surface area contributed by atoms with E-state index in [9.17, 15) is 18.0 Å². The number of nitrogens with zero attached hydrogens (tertiary/aromatic N) is 2. The molecule has 1 aromatic heterocycles. The molecule has 7 nitrogen and oxygen atoms in total. The number of hydrogen-bond donors (Lipinski definition) is 1. The van der Waals surface area contributed by atoms with Crippen molar-refractivity contribution in [1.29, 1.82) is 0 Å². The molecule has 0 aliphatic carbocycles. The number of rotatable bonds is 5. The molecule has 0 spiro atoms. The highest BCUT2D eigenvalue weighted by Crippen LogP contribution is 2.35. The molecule has 1 aliphatic rings. The number of carbonyl (C=O) groups is 1.